The second-order valence-corrected chi connectivity index (χ2v) is 6.76. The van der Waals surface area contributed by atoms with Gasteiger partial charge in [0, 0.05) is 15.2 Å². The zero-order valence-corrected chi connectivity index (χ0v) is 13.1. The first-order valence-corrected chi connectivity index (χ1v) is 7.60. The fraction of sp³-hybridized carbons (Fsp3) is 0.500. The number of hydrogen-bond acceptors (Lipinski definition) is 3. The van der Waals surface area contributed by atoms with E-state index in [9.17, 15) is 4.79 Å². The molecule has 0 bridgehead atoms. The topological polar surface area (TPSA) is 55.1 Å². The van der Waals surface area contributed by atoms with Crippen LogP contribution in [-0.2, 0) is 4.79 Å². The van der Waals surface area contributed by atoms with Gasteiger partial charge in [-0.15, -0.1) is 11.8 Å². The minimum Gasteiger partial charge on any atom is -0.368 e. The maximum absolute atomic E-state index is 11.6. The summed E-state index contributed by atoms with van der Waals surface area (Å²) in [5.41, 5.74) is 4.83. The number of nitrogens with two attached hydrogens (primary N) is 1. The van der Waals surface area contributed by atoms with Crippen LogP contribution in [0, 0.1) is 0 Å². The van der Waals surface area contributed by atoms with Crippen LogP contribution in [0.1, 0.15) is 27.2 Å². The van der Waals surface area contributed by atoms with E-state index in [-0.39, 0.29) is 11.2 Å². The number of thioether (sulfide) groups is 1. The molecule has 0 aliphatic rings. The van der Waals surface area contributed by atoms with Crippen LogP contribution < -0.4 is 11.1 Å². The van der Waals surface area contributed by atoms with E-state index in [0.29, 0.717) is 6.42 Å². The van der Waals surface area contributed by atoms with Gasteiger partial charge in [-0.2, -0.15) is 0 Å². The van der Waals surface area contributed by atoms with Crippen molar-refractivity contribution >= 4 is 29.3 Å². The zero-order chi connectivity index (χ0) is 14.5. The van der Waals surface area contributed by atoms with Gasteiger partial charge in [-0.1, -0.05) is 25.4 Å². The van der Waals surface area contributed by atoms with Gasteiger partial charge in [-0.3, -0.25) is 4.79 Å². The SMILES string of the molecule is CCNC(C)(CC(C)Sc1ccc(Cl)cc1)C(N)=O. The highest BCUT2D eigenvalue weighted by Crippen LogP contribution is 2.29. The van der Waals surface area contributed by atoms with Crippen LogP contribution in [0.2, 0.25) is 5.02 Å². The van der Waals surface area contributed by atoms with Gasteiger partial charge in [0.15, 0.2) is 0 Å². The fourth-order valence-corrected chi connectivity index (χ4v) is 3.31. The lowest BCUT2D eigenvalue weighted by Crippen LogP contribution is -2.54. The van der Waals surface area contributed by atoms with Crippen molar-refractivity contribution in [3.05, 3.63) is 29.3 Å². The Hall–Kier alpha value is -0.710. The normalized spacial score (nSPS) is 15.8. The van der Waals surface area contributed by atoms with Crippen molar-refractivity contribution in [2.75, 3.05) is 6.54 Å². The van der Waals surface area contributed by atoms with Gasteiger partial charge in [-0.25, -0.2) is 0 Å². The Morgan fingerprint density at radius 2 is 2.05 bits per heavy atom. The van der Waals surface area contributed by atoms with Gasteiger partial charge < -0.3 is 11.1 Å². The summed E-state index contributed by atoms with van der Waals surface area (Å²) in [5, 5.41) is 4.18. The van der Waals surface area contributed by atoms with Crippen LogP contribution in [0.4, 0.5) is 0 Å². The summed E-state index contributed by atoms with van der Waals surface area (Å²) < 4.78 is 0. The van der Waals surface area contributed by atoms with E-state index < -0.39 is 5.54 Å². The van der Waals surface area contributed by atoms with Crippen LogP contribution in [0.25, 0.3) is 0 Å². The number of nitrogens with one attached hydrogen (secondary N) is 1. The molecular weight excluding hydrogens is 280 g/mol. The highest BCUT2D eigenvalue weighted by atomic mass is 35.5. The number of likely N-dealkylation sites (N-methyl/N-ethyl adjacent to an activating group) is 1. The predicted octanol–water partition coefficient (Wildman–Crippen LogP) is 3.06. The molecular formula is C14H21ClN2OS. The van der Waals surface area contributed by atoms with Gasteiger partial charge >= 0.3 is 0 Å². The highest BCUT2D eigenvalue weighted by molar-refractivity contribution is 7.99. The molecule has 1 aromatic carbocycles. The maximum atomic E-state index is 11.6. The smallest absolute Gasteiger partial charge is 0.237 e. The average molecular weight is 301 g/mol. The number of rotatable bonds is 7. The largest absolute Gasteiger partial charge is 0.368 e. The van der Waals surface area contributed by atoms with E-state index >= 15 is 0 Å². The highest BCUT2D eigenvalue weighted by Gasteiger charge is 2.31. The Morgan fingerprint density at radius 3 is 2.53 bits per heavy atom. The molecule has 1 amide bonds. The monoisotopic (exact) mass is 300 g/mol. The van der Waals surface area contributed by atoms with Crippen LogP contribution in [0.5, 0.6) is 0 Å². The third-order valence-electron chi connectivity index (χ3n) is 2.96. The Balaban J connectivity index is 2.65. The summed E-state index contributed by atoms with van der Waals surface area (Å²) in [6.07, 6.45) is 0.684. The van der Waals surface area contributed by atoms with Gasteiger partial charge in [0.1, 0.15) is 0 Å². The maximum Gasteiger partial charge on any atom is 0.237 e. The Labute approximate surface area is 124 Å². The molecule has 0 fully saturated rings. The van der Waals surface area contributed by atoms with Gasteiger partial charge in [0.05, 0.1) is 5.54 Å². The fourth-order valence-electron chi connectivity index (χ4n) is 2.01. The van der Waals surface area contributed by atoms with Gasteiger partial charge in [0.2, 0.25) is 5.91 Å². The summed E-state index contributed by atoms with van der Waals surface area (Å²) >= 11 is 7.57. The minimum absolute atomic E-state index is 0.276. The first kappa shape index (κ1) is 16.3. The van der Waals surface area contributed by atoms with Crippen LogP contribution in [0.15, 0.2) is 29.2 Å². The molecule has 0 aliphatic carbocycles. The van der Waals surface area contributed by atoms with Crippen molar-refractivity contribution in [3.8, 4) is 0 Å². The molecule has 0 aromatic heterocycles. The van der Waals surface area contributed by atoms with Crippen molar-refractivity contribution in [2.45, 2.75) is 42.9 Å². The van der Waals surface area contributed by atoms with Crippen LogP contribution in [0.3, 0.4) is 0 Å². The third kappa shape index (κ3) is 5.05. The number of benzene rings is 1. The number of primary amides is 1. The van der Waals surface area contributed by atoms with Crippen LogP contribution >= 0.6 is 23.4 Å². The number of hydrogen-bond donors (Lipinski definition) is 2. The first-order chi connectivity index (χ1) is 8.87. The molecule has 0 aliphatic heterocycles. The lowest BCUT2D eigenvalue weighted by Gasteiger charge is -2.29. The lowest BCUT2D eigenvalue weighted by molar-refractivity contribution is -0.124. The Kier molecular flexibility index (Phi) is 6.17. The molecule has 0 saturated carbocycles. The Bertz CT molecular complexity index is 424. The molecule has 1 rings (SSSR count). The van der Waals surface area contributed by atoms with Crippen molar-refractivity contribution in [3.63, 3.8) is 0 Å². The van der Waals surface area contributed by atoms with Crippen LogP contribution in [-0.4, -0.2) is 23.2 Å². The number of carbonyl (C=O) groups is 1. The molecule has 0 spiro atoms. The lowest BCUT2D eigenvalue weighted by atomic mass is 9.95. The van der Waals surface area contributed by atoms with Crippen molar-refractivity contribution in [2.24, 2.45) is 5.73 Å². The van der Waals surface area contributed by atoms with Crippen molar-refractivity contribution in [1.82, 2.24) is 5.32 Å². The van der Waals surface area contributed by atoms with E-state index in [1.807, 2.05) is 38.1 Å². The molecule has 2 unspecified atom stereocenters. The molecule has 3 N–H and O–H groups in total. The second kappa shape index (κ2) is 7.17. The van der Waals surface area contributed by atoms with E-state index in [0.717, 1.165) is 16.5 Å². The van der Waals surface area contributed by atoms with Gasteiger partial charge in [-0.05, 0) is 44.2 Å². The molecule has 19 heavy (non-hydrogen) atoms. The van der Waals surface area contributed by atoms with E-state index in [4.69, 9.17) is 17.3 Å². The summed E-state index contributed by atoms with van der Waals surface area (Å²) in [7, 11) is 0. The summed E-state index contributed by atoms with van der Waals surface area (Å²) in [5.74, 6) is -0.307. The van der Waals surface area contributed by atoms with E-state index in [1.165, 1.54) is 0 Å². The third-order valence-corrected chi connectivity index (χ3v) is 4.32. The minimum atomic E-state index is -0.659. The van der Waals surface area contributed by atoms with Gasteiger partial charge in [0.25, 0.3) is 0 Å². The summed E-state index contributed by atoms with van der Waals surface area (Å²) in [4.78, 5) is 12.7. The molecule has 106 valence electrons. The molecule has 0 saturated heterocycles. The molecule has 1 aromatic rings. The van der Waals surface area contributed by atoms with Crippen molar-refractivity contribution < 1.29 is 4.79 Å². The summed E-state index contributed by atoms with van der Waals surface area (Å²) in [6, 6.07) is 7.71. The number of amides is 1. The first-order valence-electron chi connectivity index (χ1n) is 6.34. The molecule has 0 heterocycles. The summed E-state index contributed by atoms with van der Waals surface area (Å²) in [6.45, 7) is 6.64. The standard InChI is InChI=1S/C14H21ClN2OS/c1-4-17-14(3,13(16)18)9-10(2)19-12-7-5-11(15)6-8-12/h5-8,10,17H,4,9H2,1-3H3,(H2,16,18). The van der Waals surface area contributed by atoms with E-state index in [2.05, 4.69) is 12.2 Å². The molecule has 0 radical (unpaired) electrons. The molecule has 5 heteroatoms. The quantitative estimate of drug-likeness (QED) is 0.761. The van der Waals surface area contributed by atoms with E-state index in [1.54, 1.807) is 11.8 Å². The predicted molar refractivity (Wildman–Crippen MR) is 82.7 cm³/mol. The number of carbonyl (C=O) groups excluding carboxylic acids is 1. The second-order valence-electron chi connectivity index (χ2n) is 4.81. The van der Waals surface area contributed by atoms with Crippen molar-refractivity contribution in [1.29, 1.82) is 0 Å². The number of halogens is 1. The molecule has 2 atom stereocenters. The molecule has 3 nitrogen and oxygen atoms in total. The Morgan fingerprint density at radius 1 is 1.47 bits per heavy atom. The average Bonchev–Trinajstić information content (AvgIpc) is 2.32. The zero-order valence-electron chi connectivity index (χ0n) is 11.6.